The fourth-order valence-corrected chi connectivity index (χ4v) is 2.69. The predicted molar refractivity (Wildman–Crippen MR) is 133 cm³/mol. The summed E-state index contributed by atoms with van der Waals surface area (Å²) in [6.45, 7) is 9.94. The van der Waals surface area contributed by atoms with Gasteiger partial charge in [0.15, 0.2) is 0 Å². The molecule has 0 saturated heterocycles. The average molecular weight is 491 g/mol. The van der Waals surface area contributed by atoms with E-state index in [0.29, 0.717) is 24.9 Å². The van der Waals surface area contributed by atoms with E-state index < -0.39 is 17.8 Å². The SMILES string of the molecule is CC.CCOC(=O)/C=C/N(C=O)C(=O)/C(C)=C\N(C)CCC(COC(=O)c1ccc(C)cc1)OC. The zero-order valence-electron chi connectivity index (χ0n) is 21.8. The molecule has 9 heteroatoms. The van der Waals surface area contributed by atoms with Crippen LogP contribution in [-0.2, 0) is 28.6 Å². The third-order valence-corrected chi connectivity index (χ3v) is 4.58. The summed E-state index contributed by atoms with van der Waals surface area (Å²) < 4.78 is 15.5. The molecule has 1 unspecified atom stereocenters. The summed E-state index contributed by atoms with van der Waals surface area (Å²) in [6.07, 6.45) is 4.18. The Bertz CT molecular complexity index is 863. The molecule has 0 aromatic heterocycles. The molecular weight excluding hydrogens is 452 g/mol. The number of imide groups is 1. The van der Waals surface area contributed by atoms with Gasteiger partial charge in [0, 0.05) is 44.8 Å². The highest BCUT2D eigenvalue weighted by Gasteiger charge is 2.15. The van der Waals surface area contributed by atoms with Crippen LogP contribution < -0.4 is 0 Å². The van der Waals surface area contributed by atoms with Crippen LogP contribution in [0.5, 0.6) is 0 Å². The summed E-state index contributed by atoms with van der Waals surface area (Å²) in [7, 11) is 3.30. The predicted octanol–water partition coefficient (Wildman–Crippen LogP) is 3.48. The maximum Gasteiger partial charge on any atom is 0.338 e. The molecule has 35 heavy (non-hydrogen) atoms. The number of rotatable bonds is 13. The Morgan fingerprint density at radius 3 is 2.26 bits per heavy atom. The fourth-order valence-electron chi connectivity index (χ4n) is 2.69. The first kappa shape index (κ1) is 31.5. The topological polar surface area (TPSA) is 102 Å². The molecule has 1 aromatic carbocycles. The Labute approximate surface area is 208 Å². The molecule has 0 spiro atoms. The van der Waals surface area contributed by atoms with E-state index in [1.54, 1.807) is 44.1 Å². The average Bonchev–Trinajstić information content (AvgIpc) is 2.85. The van der Waals surface area contributed by atoms with Crippen LogP contribution >= 0.6 is 0 Å². The van der Waals surface area contributed by atoms with Crippen LogP contribution in [0.1, 0.15) is 50.0 Å². The van der Waals surface area contributed by atoms with Gasteiger partial charge in [-0.25, -0.2) is 9.59 Å². The summed E-state index contributed by atoms with van der Waals surface area (Å²) in [5.74, 6) is -1.64. The third-order valence-electron chi connectivity index (χ3n) is 4.58. The molecule has 2 amide bonds. The first-order valence-electron chi connectivity index (χ1n) is 11.5. The molecule has 0 aliphatic heterocycles. The number of hydrogen-bond acceptors (Lipinski definition) is 8. The lowest BCUT2D eigenvalue weighted by atomic mass is 10.1. The molecule has 0 saturated carbocycles. The summed E-state index contributed by atoms with van der Waals surface area (Å²) >= 11 is 0. The van der Waals surface area contributed by atoms with Crippen molar-refractivity contribution in [3.05, 3.63) is 59.4 Å². The number of methoxy groups -OCH3 is 1. The Balaban J connectivity index is 0.00000562. The molecule has 9 nitrogen and oxygen atoms in total. The number of carbonyl (C=O) groups is 4. The standard InChI is InChI=1S/C24H32N2O7.C2H6/c1-6-32-22(28)12-14-26(17-27)23(29)19(3)15-25(4)13-11-21(31-5)16-33-24(30)20-9-7-18(2)8-10-20;1-2/h7-10,12,14-15,17,21H,6,11,13,16H2,1-5H3;1-2H3/b14-12+,19-15-;. The summed E-state index contributed by atoms with van der Waals surface area (Å²) in [4.78, 5) is 49.7. The zero-order chi connectivity index (χ0) is 26.8. The first-order chi connectivity index (χ1) is 16.7. The Kier molecular flexibility index (Phi) is 16.2. The number of amides is 2. The number of carbonyl (C=O) groups excluding carboxylic acids is 4. The zero-order valence-corrected chi connectivity index (χ0v) is 21.8. The number of benzene rings is 1. The van der Waals surface area contributed by atoms with Gasteiger partial charge in [-0.05, 0) is 39.3 Å². The van der Waals surface area contributed by atoms with E-state index in [2.05, 4.69) is 0 Å². The lowest BCUT2D eigenvalue weighted by molar-refractivity contribution is -0.137. The molecule has 0 aliphatic rings. The van der Waals surface area contributed by atoms with Crippen LogP contribution in [-0.4, -0.2) is 74.1 Å². The lowest BCUT2D eigenvalue weighted by Gasteiger charge is -2.21. The van der Waals surface area contributed by atoms with Crippen LogP contribution in [0.25, 0.3) is 0 Å². The minimum atomic E-state index is -0.649. The highest BCUT2D eigenvalue weighted by atomic mass is 16.6. The molecule has 0 aliphatic carbocycles. The second-order valence-electron chi connectivity index (χ2n) is 7.29. The fraction of sp³-hybridized carbons (Fsp3) is 0.462. The molecule has 0 fully saturated rings. The second-order valence-corrected chi connectivity index (χ2v) is 7.29. The van der Waals surface area contributed by atoms with Crippen LogP contribution in [0.4, 0.5) is 0 Å². The van der Waals surface area contributed by atoms with Gasteiger partial charge in [0.05, 0.1) is 18.3 Å². The van der Waals surface area contributed by atoms with Crippen molar-refractivity contribution in [2.24, 2.45) is 0 Å². The van der Waals surface area contributed by atoms with E-state index >= 15 is 0 Å². The smallest absolute Gasteiger partial charge is 0.338 e. The highest BCUT2D eigenvalue weighted by molar-refractivity contribution is 6.00. The molecule has 0 heterocycles. The Morgan fingerprint density at radius 2 is 1.71 bits per heavy atom. The number of aryl methyl sites for hydroxylation is 1. The molecular formula is C26H38N2O7. The van der Waals surface area contributed by atoms with Gasteiger partial charge in [-0.15, -0.1) is 0 Å². The third kappa shape index (κ3) is 12.5. The minimum Gasteiger partial charge on any atom is -0.463 e. The van der Waals surface area contributed by atoms with Crippen LogP contribution in [0, 0.1) is 6.92 Å². The Morgan fingerprint density at radius 1 is 1.09 bits per heavy atom. The van der Waals surface area contributed by atoms with Gasteiger partial charge in [-0.1, -0.05) is 31.5 Å². The van der Waals surface area contributed by atoms with E-state index in [1.807, 2.05) is 32.9 Å². The minimum absolute atomic E-state index is 0.0935. The van der Waals surface area contributed by atoms with Crippen molar-refractivity contribution < 1.29 is 33.4 Å². The van der Waals surface area contributed by atoms with E-state index in [1.165, 1.54) is 7.11 Å². The van der Waals surface area contributed by atoms with E-state index in [-0.39, 0.29) is 24.9 Å². The van der Waals surface area contributed by atoms with Crippen molar-refractivity contribution in [3.63, 3.8) is 0 Å². The lowest BCUT2D eigenvalue weighted by Crippen LogP contribution is -2.28. The first-order valence-corrected chi connectivity index (χ1v) is 11.5. The quantitative estimate of drug-likeness (QED) is 0.235. The molecule has 0 N–H and O–H groups in total. The van der Waals surface area contributed by atoms with Gasteiger partial charge in [0.25, 0.3) is 5.91 Å². The van der Waals surface area contributed by atoms with Gasteiger partial charge < -0.3 is 19.1 Å². The monoisotopic (exact) mass is 490 g/mol. The number of hydrogen-bond donors (Lipinski definition) is 0. The normalized spacial score (nSPS) is 11.7. The molecule has 1 aromatic rings. The largest absolute Gasteiger partial charge is 0.463 e. The molecule has 0 radical (unpaired) electrons. The van der Waals surface area contributed by atoms with Crippen molar-refractivity contribution in [1.82, 2.24) is 9.80 Å². The Hall–Kier alpha value is -3.46. The summed E-state index contributed by atoms with van der Waals surface area (Å²) in [5.41, 5.74) is 1.82. The van der Waals surface area contributed by atoms with Crippen LogP contribution in [0.15, 0.2) is 48.3 Å². The number of esters is 2. The molecule has 1 atom stereocenters. The van der Waals surface area contributed by atoms with Crippen molar-refractivity contribution >= 4 is 24.3 Å². The number of nitrogens with zero attached hydrogens (tertiary/aromatic N) is 2. The van der Waals surface area contributed by atoms with Crippen molar-refractivity contribution in [3.8, 4) is 0 Å². The van der Waals surface area contributed by atoms with Crippen LogP contribution in [0.2, 0.25) is 0 Å². The maximum atomic E-state index is 12.4. The summed E-state index contributed by atoms with van der Waals surface area (Å²) in [6, 6.07) is 7.10. The van der Waals surface area contributed by atoms with Crippen molar-refractivity contribution in [2.75, 3.05) is 33.9 Å². The molecule has 0 bridgehead atoms. The number of ether oxygens (including phenoxy) is 3. The van der Waals surface area contributed by atoms with Gasteiger partial charge >= 0.3 is 11.9 Å². The van der Waals surface area contributed by atoms with Gasteiger partial charge in [-0.3, -0.25) is 14.5 Å². The van der Waals surface area contributed by atoms with Gasteiger partial charge in [-0.2, -0.15) is 0 Å². The van der Waals surface area contributed by atoms with E-state index in [4.69, 9.17) is 14.2 Å². The maximum absolute atomic E-state index is 12.4. The van der Waals surface area contributed by atoms with Crippen molar-refractivity contribution in [1.29, 1.82) is 0 Å². The molecule has 194 valence electrons. The van der Waals surface area contributed by atoms with Gasteiger partial charge in [0.1, 0.15) is 6.61 Å². The van der Waals surface area contributed by atoms with Crippen LogP contribution in [0.3, 0.4) is 0 Å². The second kappa shape index (κ2) is 17.9. The highest BCUT2D eigenvalue weighted by Crippen LogP contribution is 2.08. The van der Waals surface area contributed by atoms with Crippen molar-refractivity contribution in [2.45, 2.75) is 47.1 Å². The van der Waals surface area contributed by atoms with E-state index in [9.17, 15) is 19.2 Å². The molecule has 1 rings (SSSR count). The van der Waals surface area contributed by atoms with Gasteiger partial charge in [0.2, 0.25) is 6.41 Å². The van der Waals surface area contributed by atoms with E-state index in [0.717, 1.165) is 22.7 Å². The summed E-state index contributed by atoms with van der Waals surface area (Å²) in [5, 5.41) is 0.